The second-order valence-electron chi connectivity index (χ2n) is 5.24. The minimum absolute atomic E-state index is 0.132. The third kappa shape index (κ3) is 2.83. The first-order valence-corrected chi connectivity index (χ1v) is 7.25. The first-order valence-electron chi connectivity index (χ1n) is 7.25. The van der Waals surface area contributed by atoms with Gasteiger partial charge in [-0.05, 0) is 55.2 Å². The Balaban J connectivity index is 2.06. The van der Waals surface area contributed by atoms with Crippen molar-refractivity contribution in [2.45, 2.75) is 12.5 Å². The number of benzene rings is 2. The highest BCUT2D eigenvalue weighted by Crippen LogP contribution is 2.27. The van der Waals surface area contributed by atoms with Crippen LogP contribution in [0.4, 0.5) is 4.39 Å². The van der Waals surface area contributed by atoms with Crippen LogP contribution in [0.15, 0.2) is 60.8 Å². The van der Waals surface area contributed by atoms with Gasteiger partial charge in [0.1, 0.15) is 5.82 Å². The van der Waals surface area contributed by atoms with Gasteiger partial charge in [0.25, 0.3) is 0 Å². The predicted molar refractivity (Wildman–Crippen MR) is 85.0 cm³/mol. The van der Waals surface area contributed by atoms with Gasteiger partial charge < -0.3 is 9.88 Å². The molecule has 0 amide bonds. The standard InChI is InChI=1S/C18H19FN2/c1-20-11-9-18(15-6-4-7-16(19)13-15)21-12-10-14-5-2-3-8-17(14)21/h2-8,10,12-13,18,20H,9,11H2,1H3/t18-/m0/s1. The van der Waals surface area contributed by atoms with Crippen LogP contribution in [0.1, 0.15) is 18.0 Å². The topological polar surface area (TPSA) is 17.0 Å². The summed E-state index contributed by atoms with van der Waals surface area (Å²) in [6.45, 7) is 0.883. The first-order chi connectivity index (χ1) is 10.3. The number of nitrogens with one attached hydrogen (secondary N) is 1. The predicted octanol–water partition coefficient (Wildman–Crippen LogP) is 3.98. The van der Waals surface area contributed by atoms with Gasteiger partial charge in [-0.1, -0.05) is 30.3 Å². The largest absolute Gasteiger partial charge is 0.340 e. The number of halogens is 1. The summed E-state index contributed by atoms with van der Waals surface area (Å²) in [7, 11) is 1.94. The molecular formula is C18H19FN2. The molecule has 3 rings (SSSR count). The summed E-state index contributed by atoms with van der Waals surface area (Å²) >= 11 is 0. The lowest BCUT2D eigenvalue weighted by molar-refractivity contribution is 0.533. The zero-order valence-electron chi connectivity index (χ0n) is 12.1. The highest BCUT2D eigenvalue weighted by molar-refractivity contribution is 5.80. The first kappa shape index (κ1) is 13.8. The van der Waals surface area contributed by atoms with E-state index in [1.54, 1.807) is 12.1 Å². The molecule has 3 aromatic rings. The molecule has 21 heavy (non-hydrogen) atoms. The zero-order valence-corrected chi connectivity index (χ0v) is 12.1. The molecule has 1 aromatic heterocycles. The smallest absolute Gasteiger partial charge is 0.123 e. The molecule has 0 unspecified atom stereocenters. The second-order valence-corrected chi connectivity index (χ2v) is 5.24. The Morgan fingerprint density at radius 2 is 1.95 bits per heavy atom. The van der Waals surface area contributed by atoms with Gasteiger partial charge in [-0.25, -0.2) is 4.39 Å². The molecule has 0 spiro atoms. The van der Waals surface area contributed by atoms with Gasteiger partial charge in [0, 0.05) is 11.7 Å². The Kier molecular flexibility index (Phi) is 4.02. The van der Waals surface area contributed by atoms with Crippen molar-refractivity contribution in [2.75, 3.05) is 13.6 Å². The van der Waals surface area contributed by atoms with E-state index in [-0.39, 0.29) is 11.9 Å². The van der Waals surface area contributed by atoms with E-state index in [4.69, 9.17) is 0 Å². The van der Waals surface area contributed by atoms with E-state index < -0.39 is 0 Å². The average Bonchev–Trinajstić information content (AvgIpc) is 2.92. The maximum Gasteiger partial charge on any atom is 0.123 e. The number of hydrogen-bond acceptors (Lipinski definition) is 1. The van der Waals surface area contributed by atoms with Crippen LogP contribution in [-0.2, 0) is 0 Å². The minimum atomic E-state index is -0.182. The van der Waals surface area contributed by atoms with Gasteiger partial charge in [0.05, 0.1) is 6.04 Å². The van der Waals surface area contributed by atoms with Crippen LogP contribution in [0.25, 0.3) is 10.9 Å². The summed E-state index contributed by atoms with van der Waals surface area (Å²) < 4.78 is 15.8. The summed E-state index contributed by atoms with van der Waals surface area (Å²) in [5.74, 6) is -0.182. The van der Waals surface area contributed by atoms with Crippen LogP contribution < -0.4 is 5.32 Å². The molecule has 2 aromatic carbocycles. The molecule has 0 saturated heterocycles. The molecule has 0 aliphatic heterocycles. The molecule has 1 N–H and O–H groups in total. The van der Waals surface area contributed by atoms with E-state index >= 15 is 0 Å². The summed E-state index contributed by atoms with van der Waals surface area (Å²) in [5, 5.41) is 4.40. The van der Waals surface area contributed by atoms with E-state index in [2.05, 4.69) is 34.3 Å². The molecule has 3 heteroatoms. The number of rotatable bonds is 5. The van der Waals surface area contributed by atoms with Gasteiger partial charge in [-0.2, -0.15) is 0 Å². The van der Waals surface area contributed by atoms with E-state index in [0.717, 1.165) is 18.5 Å². The number of fused-ring (bicyclic) bond motifs is 1. The quantitative estimate of drug-likeness (QED) is 0.749. The monoisotopic (exact) mass is 282 g/mol. The maximum atomic E-state index is 13.6. The van der Waals surface area contributed by atoms with Crippen molar-refractivity contribution in [2.24, 2.45) is 0 Å². The van der Waals surface area contributed by atoms with E-state index in [1.807, 2.05) is 25.2 Å². The Morgan fingerprint density at radius 1 is 1.10 bits per heavy atom. The SMILES string of the molecule is CNCC[C@@H](c1cccc(F)c1)n1ccc2ccccc21. The molecule has 2 nitrogen and oxygen atoms in total. The van der Waals surface area contributed by atoms with Crippen molar-refractivity contribution in [1.29, 1.82) is 0 Å². The molecule has 0 fully saturated rings. The molecule has 1 atom stereocenters. The lowest BCUT2D eigenvalue weighted by atomic mass is 10.0. The Hall–Kier alpha value is -2.13. The Labute approximate surface area is 124 Å². The maximum absolute atomic E-state index is 13.6. The number of aromatic nitrogens is 1. The Bertz CT molecular complexity index is 733. The van der Waals surface area contributed by atoms with Crippen molar-refractivity contribution in [1.82, 2.24) is 9.88 Å². The minimum Gasteiger partial charge on any atom is -0.340 e. The number of nitrogens with zero attached hydrogens (tertiary/aromatic N) is 1. The van der Waals surface area contributed by atoms with Crippen LogP contribution in [0, 0.1) is 5.82 Å². The third-order valence-corrected chi connectivity index (χ3v) is 3.87. The summed E-state index contributed by atoms with van der Waals surface area (Å²) in [5.41, 5.74) is 2.19. The zero-order chi connectivity index (χ0) is 14.7. The molecule has 108 valence electrons. The van der Waals surface area contributed by atoms with Gasteiger partial charge >= 0.3 is 0 Å². The molecule has 0 bridgehead atoms. The van der Waals surface area contributed by atoms with Gasteiger partial charge in [-0.3, -0.25) is 0 Å². The highest BCUT2D eigenvalue weighted by Gasteiger charge is 2.15. The van der Waals surface area contributed by atoms with E-state index in [9.17, 15) is 4.39 Å². The normalized spacial score (nSPS) is 12.7. The van der Waals surface area contributed by atoms with Gasteiger partial charge in [0.15, 0.2) is 0 Å². The lowest BCUT2D eigenvalue weighted by Crippen LogP contribution is -2.17. The second kappa shape index (κ2) is 6.10. The third-order valence-electron chi connectivity index (χ3n) is 3.87. The Morgan fingerprint density at radius 3 is 2.76 bits per heavy atom. The fourth-order valence-electron chi connectivity index (χ4n) is 2.84. The molecule has 0 aliphatic rings. The van der Waals surface area contributed by atoms with Crippen molar-refractivity contribution < 1.29 is 4.39 Å². The summed E-state index contributed by atoms with van der Waals surface area (Å²) in [6, 6.07) is 17.4. The number of hydrogen-bond donors (Lipinski definition) is 1. The molecule has 0 aliphatic carbocycles. The van der Waals surface area contributed by atoms with E-state index in [0.29, 0.717) is 0 Å². The van der Waals surface area contributed by atoms with Gasteiger partial charge in [0.2, 0.25) is 0 Å². The van der Waals surface area contributed by atoms with Crippen LogP contribution in [0.5, 0.6) is 0 Å². The lowest BCUT2D eigenvalue weighted by Gasteiger charge is -2.21. The fraction of sp³-hybridized carbons (Fsp3) is 0.222. The van der Waals surface area contributed by atoms with Crippen LogP contribution in [0.3, 0.4) is 0 Å². The summed E-state index contributed by atoms with van der Waals surface area (Å²) in [4.78, 5) is 0. The average molecular weight is 282 g/mol. The number of para-hydroxylation sites is 1. The van der Waals surface area contributed by atoms with Crippen molar-refractivity contribution in [3.63, 3.8) is 0 Å². The molecule has 1 heterocycles. The van der Waals surface area contributed by atoms with Crippen molar-refractivity contribution >= 4 is 10.9 Å². The molecule has 0 saturated carbocycles. The van der Waals surface area contributed by atoms with Crippen LogP contribution in [0.2, 0.25) is 0 Å². The van der Waals surface area contributed by atoms with Crippen LogP contribution >= 0.6 is 0 Å². The molecule has 0 radical (unpaired) electrons. The van der Waals surface area contributed by atoms with Crippen LogP contribution in [-0.4, -0.2) is 18.2 Å². The highest BCUT2D eigenvalue weighted by atomic mass is 19.1. The fourth-order valence-corrected chi connectivity index (χ4v) is 2.84. The van der Waals surface area contributed by atoms with Crippen molar-refractivity contribution in [3.05, 3.63) is 72.2 Å². The van der Waals surface area contributed by atoms with Crippen molar-refractivity contribution in [3.8, 4) is 0 Å². The van der Waals surface area contributed by atoms with Gasteiger partial charge in [-0.15, -0.1) is 0 Å². The van der Waals surface area contributed by atoms with E-state index in [1.165, 1.54) is 17.0 Å². The molecular weight excluding hydrogens is 263 g/mol. The summed E-state index contributed by atoms with van der Waals surface area (Å²) in [6.07, 6.45) is 3.01.